The van der Waals surface area contributed by atoms with Crippen LogP contribution in [0.1, 0.15) is 32.1 Å². The Morgan fingerprint density at radius 3 is 2.67 bits per heavy atom. The number of hydrogen-bond acceptors (Lipinski definition) is 2. The lowest BCUT2D eigenvalue weighted by Crippen LogP contribution is -2.55. The van der Waals surface area contributed by atoms with Gasteiger partial charge in [-0.15, -0.1) is 0 Å². The number of hydrogen-bond donors (Lipinski definition) is 0. The molecule has 1 aromatic carbocycles. The van der Waals surface area contributed by atoms with E-state index in [1.807, 2.05) is 0 Å². The third-order valence-corrected chi connectivity index (χ3v) is 4.85. The predicted molar refractivity (Wildman–Crippen MR) is 69.0 cm³/mol. The molecule has 2 aliphatic rings. The van der Waals surface area contributed by atoms with Gasteiger partial charge in [0.1, 0.15) is 23.5 Å². The summed E-state index contributed by atoms with van der Waals surface area (Å²) in [5.74, 6) is 0.501. The van der Waals surface area contributed by atoms with Crippen molar-refractivity contribution in [2.75, 3.05) is 0 Å². The highest BCUT2D eigenvalue weighted by Gasteiger charge is 2.57. The van der Waals surface area contributed by atoms with Crippen molar-refractivity contribution in [3.05, 3.63) is 28.5 Å². The number of Topliss-reactive ketones (excluding diaryl/α,β-unsaturated/α-hetero) is 1. The molecule has 0 aliphatic heterocycles. The van der Waals surface area contributed by atoms with E-state index in [1.165, 1.54) is 6.07 Å². The Balaban J connectivity index is 1.77. The Bertz CT molecular complexity index is 495. The summed E-state index contributed by atoms with van der Waals surface area (Å²) in [6, 6.07) is 4.74. The first-order valence-corrected chi connectivity index (χ1v) is 7.06. The lowest BCUT2D eigenvalue weighted by Gasteiger charge is -2.44. The Kier molecular flexibility index (Phi) is 2.93. The van der Waals surface area contributed by atoms with E-state index < -0.39 is 0 Å². The van der Waals surface area contributed by atoms with Crippen LogP contribution in [0.2, 0.25) is 0 Å². The van der Waals surface area contributed by atoms with Gasteiger partial charge in [-0.25, -0.2) is 4.39 Å². The summed E-state index contributed by atoms with van der Waals surface area (Å²) in [6.07, 6.45) is 4.46. The molecule has 2 saturated carbocycles. The van der Waals surface area contributed by atoms with Gasteiger partial charge in [-0.1, -0.05) is 12.8 Å². The fourth-order valence-electron chi connectivity index (χ4n) is 3.09. The van der Waals surface area contributed by atoms with Crippen molar-refractivity contribution in [3.8, 4) is 5.75 Å². The second kappa shape index (κ2) is 4.34. The molecule has 0 aromatic heterocycles. The molecule has 0 amide bonds. The zero-order valence-electron chi connectivity index (χ0n) is 9.92. The smallest absolute Gasteiger partial charge is 0.146 e. The summed E-state index contributed by atoms with van der Waals surface area (Å²) >= 11 is 3.11. The normalized spacial score (nSPS) is 25.2. The third kappa shape index (κ3) is 1.78. The van der Waals surface area contributed by atoms with Gasteiger partial charge in [0.05, 0.1) is 9.89 Å². The maximum atomic E-state index is 13.4. The third-order valence-electron chi connectivity index (χ3n) is 4.21. The molecule has 1 atom stereocenters. The van der Waals surface area contributed by atoms with Crippen LogP contribution in [0.25, 0.3) is 0 Å². The summed E-state index contributed by atoms with van der Waals surface area (Å²) < 4.78 is 19.6. The number of halogens is 2. The molecule has 3 rings (SSSR count). The van der Waals surface area contributed by atoms with Gasteiger partial charge in [0.15, 0.2) is 0 Å². The van der Waals surface area contributed by atoms with Crippen LogP contribution in [-0.4, -0.2) is 11.9 Å². The maximum Gasteiger partial charge on any atom is 0.146 e. The van der Waals surface area contributed by atoms with Gasteiger partial charge in [0.2, 0.25) is 0 Å². The van der Waals surface area contributed by atoms with Crippen molar-refractivity contribution >= 4 is 21.7 Å². The Morgan fingerprint density at radius 1 is 1.33 bits per heavy atom. The first-order valence-electron chi connectivity index (χ1n) is 6.27. The van der Waals surface area contributed by atoms with E-state index in [1.54, 1.807) is 12.1 Å². The predicted octanol–water partition coefficient (Wildman–Crippen LogP) is 3.87. The molecule has 18 heavy (non-hydrogen) atoms. The van der Waals surface area contributed by atoms with Crippen molar-refractivity contribution in [2.45, 2.75) is 38.2 Å². The number of rotatable bonds is 2. The molecule has 2 aliphatic carbocycles. The Labute approximate surface area is 114 Å². The Hall–Kier alpha value is -0.900. The molecule has 0 N–H and O–H groups in total. The van der Waals surface area contributed by atoms with Gasteiger partial charge in [-0.3, -0.25) is 4.79 Å². The zero-order valence-corrected chi connectivity index (χ0v) is 11.5. The lowest BCUT2D eigenvalue weighted by molar-refractivity contribution is -0.151. The molecule has 1 spiro atoms. The van der Waals surface area contributed by atoms with Crippen molar-refractivity contribution in [1.82, 2.24) is 0 Å². The molecule has 0 radical (unpaired) electrons. The van der Waals surface area contributed by atoms with E-state index in [9.17, 15) is 9.18 Å². The summed E-state index contributed by atoms with van der Waals surface area (Å²) in [6.45, 7) is 0. The number of benzene rings is 1. The number of ketones is 1. The van der Waals surface area contributed by atoms with Gasteiger partial charge >= 0.3 is 0 Å². The largest absolute Gasteiger partial charge is 0.489 e. The number of carbonyl (C=O) groups excluding carboxylic acids is 1. The quantitative estimate of drug-likeness (QED) is 0.828. The first-order chi connectivity index (χ1) is 8.62. The van der Waals surface area contributed by atoms with Crippen molar-refractivity contribution < 1.29 is 13.9 Å². The van der Waals surface area contributed by atoms with Gasteiger partial charge in [-0.05, 0) is 40.9 Å². The highest BCUT2D eigenvalue weighted by atomic mass is 79.9. The molecule has 4 heteroatoms. The van der Waals surface area contributed by atoms with Crippen LogP contribution in [0.3, 0.4) is 0 Å². The highest BCUT2D eigenvalue weighted by Crippen LogP contribution is 2.52. The van der Waals surface area contributed by atoms with E-state index in [0.29, 0.717) is 22.4 Å². The minimum Gasteiger partial charge on any atom is -0.489 e. The molecule has 0 saturated heterocycles. The van der Waals surface area contributed by atoms with Crippen LogP contribution in [0, 0.1) is 11.2 Å². The fourth-order valence-corrected chi connectivity index (χ4v) is 3.34. The van der Waals surface area contributed by atoms with Gasteiger partial charge < -0.3 is 4.74 Å². The molecule has 2 fully saturated rings. The van der Waals surface area contributed by atoms with Crippen LogP contribution in [-0.2, 0) is 4.79 Å². The second-order valence-electron chi connectivity index (χ2n) is 5.17. The van der Waals surface area contributed by atoms with Crippen LogP contribution in [0.4, 0.5) is 4.39 Å². The van der Waals surface area contributed by atoms with Crippen LogP contribution >= 0.6 is 15.9 Å². The van der Waals surface area contributed by atoms with Crippen molar-refractivity contribution in [3.63, 3.8) is 0 Å². The minimum atomic E-state index is -0.335. The highest BCUT2D eigenvalue weighted by molar-refractivity contribution is 9.10. The van der Waals surface area contributed by atoms with Crippen molar-refractivity contribution in [2.24, 2.45) is 5.41 Å². The summed E-state index contributed by atoms with van der Waals surface area (Å²) in [7, 11) is 0. The van der Waals surface area contributed by atoms with Gasteiger partial charge in [0.25, 0.3) is 0 Å². The fraction of sp³-hybridized carbons (Fsp3) is 0.500. The molecular weight excluding hydrogens is 299 g/mol. The van der Waals surface area contributed by atoms with Gasteiger partial charge in [0, 0.05) is 12.5 Å². The average molecular weight is 313 g/mol. The number of carbonyl (C=O) groups is 1. The summed E-state index contributed by atoms with van der Waals surface area (Å²) in [5, 5.41) is 0. The summed E-state index contributed by atoms with van der Waals surface area (Å²) in [5.41, 5.74) is -0.260. The van der Waals surface area contributed by atoms with Crippen molar-refractivity contribution in [1.29, 1.82) is 0 Å². The Morgan fingerprint density at radius 2 is 2.06 bits per heavy atom. The second-order valence-corrected chi connectivity index (χ2v) is 6.03. The number of ether oxygens (including phenoxy) is 1. The van der Waals surface area contributed by atoms with E-state index in [2.05, 4.69) is 15.9 Å². The van der Waals surface area contributed by atoms with Crippen LogP contribution < -0.4 is 4.74 Å². The molecule has 1 aromatic rings. The minimum absolute atomic E-state index is 0.0620. The van der Waals surface area contributed by atoms with E-state index >= 15 is 0 Å². The zero-order chi connectivity index (χ0) is 12.8. The average Bonchev–Trinajstić information content (AvgIpc) is 2.85. The SMILES string of the molecule is O=C1CC(Oc2ccc(Br)c(F)c2)C12CCCC2. The maximum absolute atomic E-state index is 13.4. The van der Waals surface area contributed by atoms with Gasteiger partial charge in [-0.2, -0.15) is 0 Å². The van der Waals surface area contributed by atoms with E-state index in [-0.39, 0.29) is 17.3 Å². The monoisotopic (exact) mass is 312 g/mol. The van der Waals surface area contributed by atoms with E-state index in [0.717, 1.165) is 25.7 Å². The molecule has 0 heterocycles. The van der Waals surface area contributed by atoms with Crippen LogP contribution in [0.5, 0.6) is 5.75 Å². The summed E-state index contributed by atoms with van der Waals surface area (Å²) in [4.78, 5) is 11.8. The molecule has 1 unspecified atom stereocenters. The molecule has 0 bridgehead atoms. The molecule has 96 valence electrons. The lowest BCUT2D eigenvalue weighted by atomic mass is 9.63. The topological polar surface area (TPSA) is 26.3 Å². The first kappa shape index (κ1) is 12.2. The van der Waals surface area contributed by atoms with Crippen LogP contribution in [0.15, 0.2) is 22.7 Å². The molecular formula is C14H14BrFO2. The van der Waals surface area contributed by atoms with E-state index in [4.69, 9.17) is 4.74 Å². The standard InChI is InChI=1S/C14H14BrFO2/c15-10-4-3-9(7-11(10)16)18-13-8-12(17)14(13)5-1-2-6-14/h3-4,7,13H,1-2,5-6,8H2. The molecule has 2 nitrogen and oxygen atoms in total.